The Morgan fingerprint density at radius 2 is 2.13 bits per heavy atom. The molecule has 0 aromatic rings. The summed E-state index contributed by atoms with van der Waals surface area (Å²) in [4.78, 5) is 2.46. The first-order valence-corrected chi connectivity index (χ1v) is 6.10. The molecule has 0 bridgehead atoms. The summed E-state index contributed by atoms with van der Waals surface area (Å²) >= 11 is 0. The summed E-state index contributed by atoms with van der Waals surface area (Å²) in [6.45, 7) is 14.1. The van der Waals surface area contributed by atoms with Crippen molar-refractivity contribution >= 4 is 0 Å². The normalized spacial score (nSPS) is 24.4. The molecule has 1 aliphatic rings. The van der Waals surface area contributed by atoms with Gasteiger partial charge in [-0.3, -0.25) is 4.90 Å². The minimum Gasteiger partial charge on any atom is -0.376 e. The first-order valence-electron chi connectivity index (χ1n) is 6.10. The summed E-state index contributed by atoms with van der Waals surface area (Å²) in [7, 11) is 0. The molecule has 0 spiro atoms. The molecule has 0 aliphatic carbocycles. The van der Waals surface area contributed by atoms with E-state index in [1.807, 2.05) is 0 Å². The maximum absolute atomic E-state index is 5.74. The topological polar surface area (TPSA) is 24.5 Å². The Labute approximate surface area is 94.2 Å². The second-order valence-corrected chi connectivity index (χ2v) is 5.35. The molecule has 0 radical (unpaired) electrons. The van der Waals surface area contributed by atoms with E-state index in [-0.39, 0.29) is 5.54 Å². The van der Waals surface area contributed by atoms with Crippen molar-refractivity contribution in [1.29, 1.82) is 0 Å². The van der Waals surface area contributed by atoms with Crippen LogP contribution < -0.4 is 5.32 Å². The molecule has 0 aromatic heterocycles. The number of morpholine rings is 1. The second-order valence-electron chi connectivity index (χ2n) is 5.35. The van der Waals surface area contributed by atoms with E-state index in [9.17, 15) is 0 Å². The van der Waals surface area contributed by atoms with Crippen LogP contribution >= 0.6 is 0 Å². The highest BCUT2D eigenvalue weighted by atomic mass is 16.5. The maximum atomic E-state index is 5.74. The maximum Gasteiger partial charge on any atom is 0.0714 e. The Bertz CT molecular complexity index is 177. The van der Waals surface area contributed by atoms with Gasteiger partial charge in [-0.25, -0.2) is 0 Å². The fourth-order valence-electron chi connectivity index (χ4n) is 1.85. The Balaban J connectivity index is 2.15. The summed E-state index contributed by atoms with van der Waals surface area (Å²) < 4.78 is 5.74. The molecular formula is C12H26N2O. The van der Waals surface area contributed by atoms with Gasteiger partial charge in [0.15, 0.2) is 0 Å². The van der Waals surface area contributed by atoms with Crippen LogP contribution in [0.15, 0.2) is 0 Å². The van der Waals surface area contributed by atoms with E-state index in [0.717, 1.165) is 39.2 Å². The lowest BCUT2D eigenvalue weighted by Crippen LogP contribution is -2.44. The van der Waals surface area contributed by atoms with Crippen LogP contribution in [-0.2, 0) is 4.74 Å². The van der Waals surface area contributed by atoms with Gasteiger partial charge in [-0.15, -0.1) is 0 Å². The third-order valence-corrected chi connectivity index (χ3v) is 2.79. The number of ether oxygens (including phenoxy) is 1. The van der Waals surface area contributed by atoms with E-state index in [1.54, 1.807) is 0 Å². The average molecular weight is 214 g/mol. The predicted octanol–water partition coefficient (Wildman–Crippen LogP) is 1.49. The Hall–Kier alpha value is -0.120. The van der Waals surface area contributed by atoms with Crippen LogP contribution in [0.5, 0.6) is 0 Å². The monoisotopic (exact) mass is 214 g/mol. The standard InChI is InChI=1S/C12H26N2O/c1-5-14-8-9-15-11(10-14)6-7-13-12(2,3)4/h11,13H,5-10H2,1-4H3/t11-/m1/s1. The van der Waals surface area contributed by atoms with Gasteiger partial charge in [0.1, 0.15) is 0 Å². The quantitative estimate of drug-likeness (QED) is 0.767. The lowest BCUT2D eigenvalue weighted by atomic mass is 10.1. The molecule has 1 saturated heterocycles. The highest BCUT2D eigenvalue weighted by Crippen LogP contribution is 2.08. The number of likely N-dealkylation sites (N-methyl/N-ethyl adjacent to an activating group) is 1. The van der Waals surface area contributed by atoms with Gasteiger partial charge in [0, 0.05) is 18.6 Å². The van der Waals surface area contributed by atoms with Gasteiger partial charge in [-0.05, 0) is 40.3 Å². The van der Waals surface area contributed by atoms with E-state index in [1.165, 1.54) is 0 Å². The van der Waals surface area contributed by atoms with Crippen molar-refractivity contribution < 1.29 is 4.74 Å². The molecular weight excluding hydrogens is 188 g/mol. The van der Waals surface area contributed by atoms with Crippen LogP contribution in [0.25, 0.3) is 0 Å². The third-order valence-electron chi connectivity index (χ3n) is 2.79. The third kappa shape index (κ3) is 5.50. The number of rotatable bonds is 4. The van der Waals surface area contributed by atoms with Crippen molar-refractivity contribution in [1.82, 2.24) is 10.2 Å². The molecule has 1 fully saturated rings. The zero-order valence-corrected chi connectivity index (χ0v) is 10.7. The molecule has 3 nitrogen and oxygen atoms in total. The number of hydrogen-bond acceptors (Lipinski definition) is 3. The molecule has 1 heterocycles. The number of hydrogen-bond donors (Lipinski definition) is 1. The van der Waals surface area contributed by atoms with Gasteiger partial charge in [-0.1, -0.05) is 6.92 Å². The van der Waals surface area contributed by atoms with E-state index < -0.39 is 0 Å². The Kier molecular flexibility index (Phi) is 5.03. The number of nitrogens with zero attached hydrogens (tertiary/aromatic N) is 1. The first kappa shape index (κ1) is 12.9. The lowest BCUT2D eigenvalue weighted by Gasteiger charge is -2.32. The zero-order chi connectivity index (χ0) is 11.3. The van der Waals surface area contributed by atoms with Crippen molar-refractivity contribution in [2.45, 2.75) is 45.8 Å². The van der Waals surface area contributed by atoms with Gasteiger partial charge in [0.05, 0.1) is 12.7 Å². The van der Waals surface area contributed by atoms with E-state index in [0.29, 0.717) is 6.10 Å². The van der Waals surface area contributed by atoms with Crippen LogP contribution in [-0.4, -0.2) is 49.3 Å². The van der Waals surface area contributed by atoms with Gasteiger partial charge >= 0.3 is 0 Å². The summed E-state index contributed by atoms with van der Waals surface area (Å²) in [6.07, 6.45) is 1.54. The fraction of sp³-hybridized carbons (Fsp3) is 1.00. The van der Waals surface area contributed by atoms with Crippen molar-refractivity contribution in [3.05, 3.63) is 0 Å². The molecule has 3 heteroatoms. The molecule has 0 amide bonds. The average Bonchev–Trinajstić information content (AvgIpc) is 2.16. The summed E-state index contributed by atoms with van der Waals surface area (Å²) in [5.41, 5.74) is 0.221. The molecule has 1 atom stereocenters. The second kappa shape index (κ2) is 5.83. The van der Waals surface area contributed by atoms with E-state index >= 15 is 0 Å². The molecule has 90 valence electrons. The number of nitrogens with one attached hydrogen (secondary N) is 1. The highest BCUT2D eigenvalue weighted by molar-refractivity contribution is 4.75. The van der Waals surface area contributed by atoms with Gasteiger partial charge < -0.3 is 10.1 Å². The van der Waals surface area contributed by atoms with Crippen molar-refractivity contribution in [2.24, 2.45) is 0 Å². The fourth-order valence-corrected chi connectivity index (χ4v) is 1.85. The minimum absolute atomic E-state index is 0.221. The minimum atomic E-state index is 0.221. The van der Waals surface area contributed by atoms with Gasteiger partial charge in [-0.2, -0.15) is 0 Å². The molecule has 1 aliphatic heterocycles. The lowest BCUT2D eigenvalue weighted by molar-refractivity contribution is -0.0303. The van der Waals surface area contributed by atoms with Crippen molar-refractivity contribution in [2.75, 3.05) is 32.8 Å². The molecule has 0 saturated carbocycles. The zero-order valence-electron chi connectivity index (χ0n) is 10.7. The van der Waals surface area contributed by atoms with Crippen LogP contribution in [0.1, 0.15) is 34.1 Å². The van der Waals surface area contributed by atoms with Crippen LogP contribution in [0, 0.1) is 0 Å². The molecule has 1 N–H and O–H groups in total. The first-order chi connectivity index (χ1) is 7.01. The van der Waals surface area contributed by atoms with Gasteiger partial charge in [0.2, 0.25) is 0 Å². The van der Waals surface area contributed by atoms with Crippen LogP contribution in [0.4, 0.5) is 0 Å². The van der Waals surface area contributed by atoms with Crippen molar-refractivity contribution in [3.8, 4) is 0 Å². The highest BCUT2D eigenvalue weighted by Gasteiger charge is 2.19. The van der Waals surface area contributed by atoms with Crippen LogP contribution in [0.3, 0.4) is 0 Å². The Morgan fingerprint density at radius 3 is 2.73 bits per heavy atom. The molecule has 1 rings (SSSR count). The predicted molar refractivity (Wildman–Crippen MR) is 64.2 cm³/mol. The largest absolute Gasteiger partial charge is 0.376 e. The smallest absolute Gasteiger partial charge is 0.0714 e. The molecule has 15 heavy (non-hydrogen) atoms. The Morgan fingerprint density at radius 1 is 1.40 bits per heavy atom. The van der Waals surface area contributed by atoms with E-state index in [2.05, 4.69) is 37.9 Å². The van der Waals surface area contributed by atoms with Crippen molar-refractivity contribution in [3.63, 3.8) is 0 Å². The summed E-state index contributed by atoms with van der Waals surface area (Å²) in [6, 6.07) is 0. The molecule has 0 aromatic carbocycles. The summed E-state index contributed by atoms with van der Waals surface area (Å²) in [5.74, 6) is 0. The molecule has 0 unspecified atom stereocenters. The van der Waals surface area contributed by atoms with E-state index in [4.69, 9.17) is 4.74 Å². The summed E-state index contributed by atoms with van der Waals surface area (Å²) in [5, 5.41) is 3.50. The van der Waals surface area contributed by atoms with Gasteiger partial charge in [0.25, 0.3) is 0 Å². The van der Waals surface area contributed by atoms with Crippen LogP contribution in [0.2, 0.25) is 0 Å². The SMILES string of the molecule is CCN1CCO[C@H](CCNC(C)(C)C)C1.